The van der Waals surface area contributed by atoms with Crippen LogP contribution in [0.3, 0.4) is 0 Å². The molecule has 3 aromatic rings. The average molecular weight is 479 g/mol. The first-order valence-electron chi connectivity index (χ1n) is 9.56. The van der Waals surface area contributed by atoms with Gasteiger partial charge in [-0.15, -0.1) is 10.2 Å². The second kappa shape index (κ2) is 9.44. The number of aromatic nitrogens is 2. The second-order valence-electron chi connectivity index (χ2n) is 7.78. The summed E-state index contributed by atoms with van der Waals surface area (Å²) in [7, 11) is -3.88. The molecule has 7 nitrogen and oxygen atoms in total. The molecule has 10 heteroatoms. The van der Waals surface area contributed by atoms with E-state index in [0.717, 1.165) is 16.9 Å². The van der Waals surface area contributed by atoms with E-state index < -0.39 is 15.9 Å². The second-order valence-corrected chi connectivity index (χ2v) is 11.1. The Labute approximate surface area is 190 Å². The summed E-state index contributed by atoms with van der Waals surface area (Å²) >= 11 is 6.80. The van der Waals surface area contributed by atoms with Crippen molar-refractivity contribution >= 4 is 44.0 Å². The molecule has 1 atom stereocenters. The van der Waals surface area contributed by atoms with Gasteiger partial charge in [-0.25, -0.2) is 13.1 Å². The predicted octanol–water partition coefficient (Wildman–Crippen LogP) is 4.48. The van der Waals surface area contributed by atoms with Crippen LogP contribution in [-0.4, -0.2) is 30.6 Å². The molecule has 0 aliphatic heterocycles. The van der Waals surface area contributed by atoms with Crippen LogP contribution in [0.1, 0.15) is 43.1 Å². The molecule has 3 rings (SSSR count). The smallest absolute Gasteiger partial charge is 0.270 e. The molecule has 1 amide bonds. The van der Waals surface area contributed by atoms with Gasteiger partial charge in [-0.2, -0.15) is 0 Å². The quantitative estimate of drug-likeness (QED) is 0.465. The van der Waals surface area contributed by atoms with Crippen LogP contribution in [0.25, 0.3) is 0 Å². The van der Waals surface area contributed by atoms with Crippen molar-refractivity contribution in [1.29, 1.82) is 0 Å². The first kappa shape index (κ1) is 23.3. The zero-order valence-corrected chi connectivity index (χ0v) is 19.7. The van der Waals surface area contributed by atoms with Crippen molar-refractivity contribution in [3.8, 4) is 0 Å². The maximum atomic E-state index is 12.8. The first-order chi connectivity index (χ1) is 14.6. The van der Waals surface area contributed by atoms with Crippen molar-refractivity contribution in [2.24, 2.45) is 0 Å². The topological polar surface area (TPSA) is 101 Å². The van der Waals surface area contributed by atoms with E-state index in [2.05, 4.69) is 34.1 Å². The third kappa shape index (κ3) is 5.88. The van der Waals surface area contributed by atoms with Gasteiger partial charge in [0.05, 0.1) is 10.6 Å². The molecule has 2 N–H and O–H groups in total. The molecular weight excluding hydrogens is 456 g/mol. The van der Waals surface area contributed by atoms with Gasteiger partial charge in [0.25, 0.3) is 15.9 Å². The highest BCUT2D eigenvalue weighted by Crippen LogP contribution is 2.29. The Hall–Kier alpha value is -2.33. The maximum Gasteiger partial charge on any atom is 0.270 e. The molecule has 164 valence electrons. The van der Waals surface area contributed by atoms with Gasteiger partial charge in [0.1, 0.15) is 0 Å². The van der Waals surface area contributed by atoms with E-state index in [0.29, 0.717) is 6.42 Å². The number of rotatable bonds is 8. The Bertz CT molecular complexity index is 1160. The minimum absolute atomic E-state index is 0.0718. The molecule has 0 fully saturated rings. The van der Waals surface area contributed by atoms with Crippen LogP contribution in [-0.2, 0) is 15.4 Å². The number of nitrogens with one attached hydrogen (secondary N) is 2. The highest BCUT2D eigenvalue weighted by atomic mass is 35.5. The van der Waals surface area contributed by atoms with Crippen LogP contribution >= 0.6 is 22.9 Å². The summed E-state index contributed by atoms with van der Waals surface area (Å²) in [6.45, 7) is 5.95. The van der Waals surface area contributed by atoms with Crippen LogP contribution in [0, 0.1) is 0 Å². The lowest BCUT2D eigenvalue weighted by atomic mass is 9.79. The summed E-state index contributed by atoms with van der Waals surface area (Å²) in [6, 6.07) is 16.1. The zero-order chi connectivity index (χ0) is 22.6. The zero-order valence-electron chi connectivity index (χ0n) is 17.3. The number of amides is 1. The summed E-state index contributed by atoms with van der Waals surface area (Å²) in [5.41, 5.74) is 1.17. The molecule has 0 saturated heterocycles. The number of anilines is 1. The highest BCUT2D eigenvalue weighted by molar-refractivity contribution is 7.91. The van der Waals surface area contributed by atoms with Crippen molar-refractivity contribution in [3.63, 3.8) is 0 Å². The van der Waals surface area contributed by atoms with Crippen LogP contribution in [0.4, 0.5) is 5.13 Å². The van der Waals surface area contributed by atoms with Crippen molar-refractivity contribution < 1.29 is 13.2 Å². The molecule has 0 bridgehead atoms. The van der Waals surface area contributed by atoms with Crippen LogP contribution < -0.4 is 10.0 Å². The molecule has 0 spiro atoms. The normalized spacial score (nSPS) is 13.0. The van der Waals surface area contributed by atoms with Crippen LogP contribution in [0.2, 0.25) is 5.02 Å². The number of nitrogens with zero attached hydrogens (tertiary/aromatic N) is 2. The molecular formula is C21H23ClN4O3S2. The van der Waals surface area contributed by atoms with Crippen molar-refractivity contribution in [3.05, 3.63) is 70.7 Å². The molecule has 0 aliphatic carbocycles. The number of halogens is 1. The maximum absolute atomic E-state index is 12.8. The number of sulfonamides is 1. The molecule has 0 saturated carbocycles. The van der Waals surface area contributed by atoms with Crippen LogP contribution in [0.15, 0.2) is 58.9 Å². The SMILES string of the molecule is C[C@@H](CC(C)(C)c1ccccc1)NS(=O)(=O)c1nnc(NC(=O)c2ccccc2Cl)s1. The molecule has 0 aliphatic rings. The van der Waals surface area contributed by atoms with E-state index in [9.17, 15) is 13.2 Å². The first-order valence-corrected chi connectivity index (χ1v) is 12.2. The summed E-state index contributed by atoms with van der Waals surface area (Å²) in [5.74, 6) is -0.489. The van der Waals surface area contributed by atoms with E-state index in [-0.39, 0.29) is 31.5 Å². The van der Waals surface area contributed by atoms with Gasteiger partial charge in [-0.05, 0) is 36.5 Å². The van der Waals surface area contributed by atoms with E-state index >= 15 is 0 Å². The highest BCUT2D eigenvalue weighted by Gasteiger charge is 2.28. The summed E-state index contributed by atoms with van der Waals surface area (Å²) in [4.78, 5) is 12.3. The molecule has 0 unspecified atom stereocenters. The largest absolute Gasteiger partial charge is 0.296 e. The Morgan fingerprint density at radius 2 is 1.74 bits per heavy atom. The number of hydrogen-bond acceptors (Lipinski definition) is 6. The van der Waals surface area contributed by atoms with Crippen molar-refractivity contribution in [2.45, 2.75) is 43.0 Å². The predicted molar refractivity (Wildman–Crippen MR) is 123 cm³/mol. The molecule has 2 aromatic carbocycles. The Morgan fingerprint density at radius 3 is 2.42 bits per heavy atom. The van der Waals surface area contributed by atoms with Gasteiger partial charge in [-0.3, -0.25) is 10.1 Å². The average Bonchev–Trinajstić information content (AvgIpc) is 3.17. The summed E-state index contributed by atoms with van der Waals surface area (Å²) in [5, 5.41) is 10.4. The number of carbonyl (C=O) groups excluding carboxylic acids is 1. The Kier molecular flexibility index (Phi) is 7.10. The van der Waals surface area contributed by atoms with Crippen molar-refractivity contribution in [2.75, 3.05) is 5.32 Å². The van der Waals surface area contributed by atoms with Gasteiger partial charge in [-0.1, -0.05) is 79.2 Å². The fourth-order valence-corrected chi connectivity index (χ4v) is 5.68. The summed E-state index contributed by atoms with van der Waals surface area (Å²) in [6.07, 6.45) is 0.588. The van der Waals surface area contributed by atoms with Gasteiger partial charge >= 0.3 is 0 Å². The molecule has 1 heterocycles. The molecule has 31 heavy (non-hydrogen) atoms. The van der Waals surface area contributed by atoms with E-state index in [4.69, 9.17) is 11.6 Å². The van der Waals surface area contributed by atoms with E-state index in [1.54, 1.807) is 24.3 Å². The molecule has 0 radical (unpaired) electrons. The fraction of sp³-hybridized carbons (Fsp3) is 0.286. The summed E-state index contributed by atoms with van der Waals surface area (Å²) < 4.78 is 27.9. The van der Waals surface area contributed by atoms with E-state index in [1.807, 2.05) is 37.3 Å². The third-order valence-electron chi connectivity index (χ3n) is 4.70. The minimum Gasteiger partial charge on any atom is -0.296 e. The Morgan fingerprint density at radius 1 is 1.10 bits per heavy atom. The lowest BCUT2D eigenvalue weighted by Crippen LogP contribution is -2.37. The number of carbonyl (C=O) groups is 1. The van der Waals surface area contributed by atoms with Gasteiger partial charge in [0.15, 0.2) is 0 Å². The lowest BCUT2D eigenvalue weighted by Gasteiger charge is -2.28. The molecule has 1 aromatic heterocycles. The van der Waals surface area contributed by atoms with E-state index in [1.165, 1.54) is 0 Å². The minimum atomic E-state index is -3.88. The van der Waals surface area contributed by atoms with Crippen LogP contribution in [0.5, 0.6) is 0 Å². The monoisotopic (exact) mass is 478 g/mol. The van der Waals surface area contributed by atoms with Gasteiger partial charge in [0, 0.05) is 6.04 Å². The fourth-order valence-electron chi connectivity index (χ4n) is 3.31. The lowest BCUT2D eigenvalue weighted by molar-refractivity contribution is 0.102. The standard InChI is InChI=1S/C21H23ClN4O3S2/c1-14(13-21(2,3)15-9-5-4-6-10-15)26-31(28,29)20-25-24-19(30-20)23-18(27)16-11-7-8-12-17(16)22/h4-12,14,26H,13H2,1-3H3,(H,23,24,27)/t14-/m0/s1. The van der Waals surface area contributed by atoms with Gasteiger partial charge < -0.3 is 0 Å². The number of hydrogen-bond donors (Lipinski definition) is 2. The third-order valence-corrected chi connectivity index (χ3v) is 7.83. The van der Waals surface area contributed by atoms with Gasteiger partial charge in [0.2, 0.25) is 9.47 Å². The Balaban J connectivity index is 1.67. The van der Waals surface area contributed by atoms with Crippen molar-refractivity contribution in [1.82, 2.24) is 14.9 Å². The number of benzene rings is 2.